The first-order valence-corrected chi connectivity index (χ1v) is 10.6. The lowest BCUT2D eigenvalue weighted by molar-refractivity contribution is -0.00359. The molecule has 1 spiro atoms. The zero-order valence-electron chi connectivity index (χ0n) is 16.6. The van der Waals surface area contributed by atoms with E-state index in [0.717, 1.165) is 57.8 Å². The van der Waals surface area contributed by atoms with E-state index >= 15 is 0 Å². The molecule has 2 atom stereocenters. The second-order valence-corrected chi connectivity index (χ2v) is 8.56. The van der Waals surface area contributed by atoms with Crippen molar-refractivity contribution in [1.82, 2.24) is 15.2 Å². The van der Waals surface area contributed by atoms with Gasteiger partial charge in [-0.3, -0.25) is 9.88 Å². The lowest BCUT2D eigenvalue weighted by Gasteiger charge is -2.43. The van der Waals surface area contributed by atoms with Gasteiger partial charge in [-0.2, -0.15) is 0 Å². The van der Waals surface area contributed by atoms with Gasteiger partial charge in [0.05, 0.1) is 12.1 Å². The summed E-state index contributed by atoms with van der Waals surface area (Å²) in [5.41, 5.74) is 4.99. The maximum absolute atomic E-state index is 11.6. The molecule has 0 bridgehead atoms. The average molecular weight is 379 g/mol. The van der Waals surface area contributed by atoms with Crippen molar-refractivity contribution >= 4 is 5.69 Å². The van der Waals surface area contributed by atoms with Gasteiger partial charge in [0.25, 0.3) is 0 Å². The summed E-state index contributed by atoms with van der Waals surface area (Å²) in [5.74, 6) is 0. The first-order chi connectivity index (χ1) is 13.7. The highest BCUT2D eigenvalue weighted by atomic mass is 16.3. The number of piperazine rings is 1. The monoisotopic (exact) mass is 378 g/mol. The molecule has 0 unspecified atom stereocenters. The molecule has 5 nitrogen and oxygen atoms in total. The maximum atomic E-state index is 11.6. The van der Waals surface area contributed by atoms with Crippen LogP contribution < -0.4 is 10.2 Å². The number of aromatic nitrogens is 1. The predicted molar refractivity (Wildman–Crippen MR) is 112 cm³/mol. The summed E-state index contributed by atoms with van der Waals surface area (Å²) in [6.07, 6.45) is 3.63. The minimum atomic E-state index is -0.318. The van der Waals surface area contributed by atoms with Crippen molar-refractivity contribution in [3.63, 3.8) is 0 Å². The van der Waals surface area contributed by atoms with Crippen molar-refractivity contribution in [2.45, 2.75) is 37.3 Å². The Morgan fingerprint density at radius 3 is 2.57 bits per heavy atom. The van der Waals surface area contributed by atoms with Crippen molar-refractivity contribution < 1.29 is 5.11 Å². The van der Waals surface area contributed by atoms with Gasteiger partial charge in [0.2, 0.25) is 0 Å². The highest BCUT2D eigenvalue weighted by Crippen LogP contribution is 2.52. The average Bonchev–Trinajstić information content (AvgIpc) is 2.97. The molecule has 0 radical (unpaired) electrons. The number of rotatable bonds is 2. The molecule has 2 N–H and O–H groups in total. The Morgan fingerprint density at radius 1 is 1.07 bits per heavy atom. The molecule has 1 aromatic heterocycles. The topological polar surface area (TPSA) is 51.6 Å². The number of hydrogen-bond donors (Lipinski definition) is 2. The van der Waals surface area contributed by atoms with E-state index in [-0.39, 0.29) is 17.6 Å². The Balaban J connectivity index is 1.38. The lowest BCUT2D eigenvalue weighted by Crippen LogP contribution is -2.52. The molecule has 148 valence electrons. The van der Waals surface area contributed by atoms with Crippen LogP contribution in [0.4, 0.5) is 5.69 Å². The Morgan fingerprint density at radius 2 is 1.82 bits per heavy atom. The molecule has 2 saturated heterocycles. The second kappa shape index (κ2) is 7.14. The van der Waals surface area contributed by atoms with Crippen LogP contribution in [0.3, 0.4) is 0 Å². The third kappa shape index (κ3) is 2.84. The van der Waals surface area contributed by atoms with Crippen molar-refractivity contribution in [2.75, 3.05) is 44.2 Å². The number of anilines is 1. The molecule has 5 rings (SSSR count). The van der Waals surface area contributed by atoms with Gasteiger partial charge in [-0.15, -0.1) is 0 Å². The molecular formula is C23H30N4O. The highest BCUT2D eigenvalue weighted by Gasteiger charge is 2.53. The normalized spacial score (nSPS) is 27.1. The summed E-state index contributed by atoms with van der Waals surface area (Å²) >= 11 is 0. The van der Waals surface area contributed by atoms with Crippen LogP contribution >= 0.6 is 0 Å². The number of hydrogen-bond acceptors (Lipinski definition) is 5. The fourth-order valence-electron chi connectivity index (χ4n) is 5.66. The van der Waals surface area contributed by atoms with Gasteiger partial charge in [0, 0.05) is 49.2 Å². The first-order valence-electron chi connectivity index (χ1n) is 10.6. The molecular weight excluding hydrogens is 348 g/mol. The molecule has 3 aliphatic rings. The standard InChI is InChI=1S/C23H30N4O/c1-17-16-18(6-9-25-17)26-12-14-27(15-13-26)21-19-4-2-3-5-20(19)23(22(21)28)7-10-24-11-8-23/h2-6,9,16,21-22,24,28H,7-8,10-15H2,1H3/t21-,22+/m1/s1. The van der Waals surface area contributed by atoms with Crippen LogP contribution in [0.5, 0.6) is 0 Å². The zero-order chi connectivity index (χ0) is 19.1. The molecule has 2 aliphatic heterocycles. The number of nitrogens with one attached hydrogen (secondary N) is 1. The number of aryl methyl sites for hydroxylation is 1. The Bertz CT molecular complexity index is 840. The van der Waals surface area contributed by atoms with Crippen molar-refractivity contribution in [1.29, 1.82) is 0 Å². The van der Waals surface area contributed by atoms with Crippen LogP contribution in [-0.4, -0.2) is 60.4 Å². The summed E-state index contributed by atoms with van der Waals surface area (Å²) in [6.45, 7) is 7.97. The van der Waals surface area contributed by atoms with E-state index in [0.29, 0.717) is 0 Å². The minimum absolute atomic E-state index is 0.0775. The fraction of sp³-hybridized carbons (Fsp3) is 0.522. The second-order valence-electron chi connectivity index (χ2n) is 8.56. The zero-order valence-corrected chi connectivity index (χ0v) is 16.6. The van der Waals surface area contributed by atoms with Crippen molar-refractivity contribution in [3.05, 3.63) is 59.4 Å². The molecule has 0 saturated carbocycles. The third-order valence-corrected chi connectivity index (χ3v) is 7.13. The van der Waals surface area contributed by atoms with Gasteiger partial charge < -0.3 is 15.3 Å². The van der Waals surface area contributed by atoms with Crippen LogP contribution in [0.15, 0.2) is 42.6 Å². The number of nitrogens with zero attached hydrogens (tertiary/aromatic N) is 3. The van der Waals surface area contributed by atoms with Gasteiger partial charge in [0.15, 0.2) is 0 Å². The van der Waals surface area contributed by atoms with E-state index in [4.69, 9.17) is 0 Å². The van der Waals surface area contributed by atoms with E-state index < -0.39 is 0 Å². The number of aliphatic hydroxyl groups is 1. The summed E-state index contributed by atoms with van der Waals surface area (Å²) in [7, 11) is 0. The van der Waals surface area contributed by atoms with Crippen LogP contribution in [0, 0.1) is 6.92 Å². The Labute approximate surface area is 167 Å². The van der Waals surface area contributed by atoms with E-state index in [9.17, 15) is 5.11 Å². The van der Waals surface area contributed by atoms with Crippen LogP contribution in [-0.2, 0) is 5.41 Å². The quantitative estimate of drug-likeness (QED) is 0.840. The molecule has 28 heavy (non-hydrogen) atoms. The summed E-state index contributed by atoms with van der Waals surface area (Å²) in [4.78, 5) is 9.28. The molecule has 1 aromatic carbocycles. The Kier molecular flexibility index (Phi) is 4.62. The van der Waals surface area contributed by atoms with Gasteiger partial charge in [-0.1, -0.05) is 24.3 Å². The first kappa shape index (κ1) is 18.1. The number of aliphatic hydroxyl groups excluding tert-OH is 1. The van der Waals surface area contributed by atoms with Gasteiger partial charge in [-0.05, 0) is 56.1 Å². The SMILES string of the molecule is Cc1cc(N2CCN([C@@H]3c4ccccc4C4(CCNCC4)[C@H]3O)CC2)ccn1. The molecule has 3 heterocycles. The molecule has 2 fully saturated rings. The van der Waals surface area contributed by atoms with Crippen LogP contribution in [0.1, 0.15) is 35.7 Å². The number of benzene rings is 1. The van der Waals surface area contributed by atoms with Gasteiger partial charge in [-0.25, -0.2) is 0 Å². The molecule has 0 amide bonds. The smallest absolute Gasteiger partial charge is 0.0834 e. The molecule has 5 heteroatoms. The predicted octanol–water partition coefficient (Wildman–Crippen LogP) is 2.25. The van der Waals surface area contributed by atoms with Crippen LogP contribution in [0.25, 0.3) is 0 Å². The van der Waals surface area contributed by atoms with E-state index in [2.05, 4.69) is 56.5 Å². The van der Waals surface area contributed by atoms with E-state index in [1.54, 1.807) is 0 Å². The number of piperidine rings is 1. The maximum Gasteiger partial charge on any atom is 0.0834 e. The summed E-state index contributed by atoms with van der Waals surface area (Å²) in [6, 6.07) is 13.2. The minimum Gasteiger partial charge on any atom is -0.390 e. The van der Waals surface area contributed by atoms with Crippen molar-refractivity contribution in [3.8, 4) is 0 Å². The molecule has 2 aromatic rings. The highest BCUT2D eigenvalue weighted by molar-refractivity contribution is 5.48. The van der Waals surface area contributed by atoms with E-state index in [1.165, 1.54) is 16.8 Å². The Hall–Kier alpha value is -1.95. The fourth-order valence-corrected chi connectivity index (χ4v) is 5.66. The van der Waals surface area contributed by atoms with Gasteiger partial charge in [0.1, 0.15) is 0 Å². The number of fused-ring (bicyclic) bond motifs is 2. The van der Waals surface area contributed by atoms with Gasteiger partial charge >= 0.3 is 0 Å². The van der Waals surface area contributed by atoms with Crippen molar-refractivity contribution in [2.24, 2.45) is 0 Å². The summed E-state index contributed by atoms with van der Waals surface area (Å²) < 4.78 is 0. The number of pyridine rings is 1. The summed E-state index contributed by atoms with van der Waals surface area (Å²) in [5, 5.41) is 15.0. The lowest BCUT2D eigenvalue weighted by atomic mass is 9.72. The third-order valence-electron chi connectivity index (χ3n) is 7.13. The van der Waals surface area contributed by atoms with E-state index in [1.807, 2.05) is 13.1 Å². The molecule has 1 aliphatic carbocycles. The largest absolute Gasteiger partial charge is 0.390 e. The van der Waals surface area contributed by atoms with Crippen LogP contribution in [0.2, 0.25) is 0 Å².